The summed E-state index contributed by atoms with van der Waals surface area (Å²) in [6.45, 7) is 6.35. The number of aryl methyl sites for hydroxylation is 3. The molecule has 0 fully saturated rings. The van der Waals surface area contributed by atoms with E-state index in [9.17, 15) is 0 Å². The largest absolute Gasteiger partial charge is 0.311 e. The monoisotopic (exact) mass is 1310 g/mol. The Kier molecular flexibility index (Phi) is 17.9. The summed E-state index contributed by atoms with van der Waals surface area (Å²) in [5.41, 5.74) is 22.7. The fraction of sp³-hybridized carbons (Fsp3) is 0.0309. The summed E-state index contributed by atoms with van der Waals surface area (Å²) in [5, 5.41) is 9.61. The zero-order valence-corrected chi connectivity index (χ0v) is 57.3. The Hall–Kier alpha value is -13.2. The highest BCUT2D eigenvalue weighted by molar-refractivity contribution is 6.01. The van der Waals surface area contributed by atoms with Crippen molar-refractivity contribution in [3.8, 4) is 11.1 Å². The molecule has 0 saturated carbocycles. The molecule has 0 aliphatic carbocycles. The molecule has 0 heterocycles. The zero-order valence-electron chi connectivity index (χ0n) is 57.3. The van der Waals surface area contributed by atoms with Crippen molar-refractivity contribution in [3.63, 3.8) is 0 Å². The van der Waals surface area contributed by atoms with Gasteiger partial charge in [0.2, 0.25) is 0 Å². The first-order valence-corrected chi connectivity index (χ1v) is 34.9. The van der Waals surface area contributed by atoms with Crippen LogP contribution in [-0.2, 0) is 0 Å². The van der Waals surface area contributed by atoms with Gasteiger partial charge in [-0.25, -0.2) is 0 Å². The maximum atomic E-state index is 2.39. The third-order valence-electron chi connectivity index (χ3n) is 19.2. The van der Waals surface area contributed by atoms with Gasteiger partial charge in [0, 0.05) is 84.7 Å². The van der Waals surface area contributed by atoms with Crippen molar-refractivity contribution in [1.29, 1.82) is 0 Å². The summed E-state index contributed by atoms with van der Waals surface area (Å²) in [6, 6.07) is 144. The van der Waals surface area contributed by atoms with E-state index in [-0.39, 0.29) is 0 Å². The lowest BCUT2D eigenvalue weighted by atomic mass is 10.0. The molecule has 5 heteroatoms. The van der Waals surface area contributed by atoms with Gasteiger partial charge in [0.1, 0.15) is 0 Å². The predicted octanol–water partition coefficient (Wildman–Crippen LogP) is 27.9. The van der Waals surface area contributed by atoms with E-state index in [1.165, 1.54) is 76.8 Å². The summed E-state index contributed by atoms with van der Waals surface area (Å²) in [6.07, 6.45) is 0. The third-order valence-corrected chi connectivity index (χ3v) is 19.2. The lowest BCUT2D eigenvalue weighted by Crippen LogP contribution is -2.12. The van der Waals surface area contributed by atoms with E-state index in [4.69, 9.17) is 0 Å². The maximum absolute atomic E-state index is 2.39. The molecule has 0 spiro atoms. The van der Waals surface area contributed by atoms with Crippen LogP contribution in [0.5, 0.6) is 0 Å². The van der Waals surface area contributed by atoms with Crippen LogP contribution < -0.4 is 24.5 Å². The molecule has 0 atom stereocenters. The molecule has 0 aliphatic heterocycles. The summed E-state index contributed by atoms with van der Waals surface area (Å²) >= 11 is 0. The van der Waals surface area contributed by atoms with E-state index in [1.54, 1.807) is 0 Å². The van der Waals surface area contributed by atoms with Gasteiger partial charge in [-0.15, -0.1) is 0 Å². The van der Waals surface area contributed by atoms with Crippen molar-refractivity contribution in [1.82, 2.24) is 0 Å². The smallest absolute Gasteiger partial charge is 0.0540 e. The van der Waals surface area contributed by atoms with E-state index in [0.717, 1.165) is 79.4 Å². The molecule has 102 heavy (non-hydrogen) atoms. The Morgan fingerprint density at radius 1 is 0.147 bits per heavy atom. The van der Waals surface area contributed by atoms with Crippen molar-refractivity contribution >= 4 is 128 Å². The fourth-order valence-corrected chi connectivity index (χ4v) is 14.0. The summed E-state index contributed by atoms with van der Waals surface area (Å²) < 4.78 is 0. The second kappa shape index (κ2) is 28.7. The summed E-state index contributed by atoms with van der Waals surface area (Å²) in [4.78, 5) is 11.7. The molecule has 17 aromatic carbocycles. The standard InChI is InChI=1S/C76H54N4.C21H21N/c1-3-25-63(26-4-1)77(71-43-37-55-17-7-9-21-61(55)53-71)65-45-49-69(50-46-65)79(75-31-15-23-59-19-11-13-29-73(59)75)67-39-33-57(34-40-67)58-35-41-68(42-36-58)80(76-32-16-24-60-20-12-14-30-74(60)76)70-51-47-66(48-52-70)78(64-27-5-2-6-28-64)72-44-38-56-18-8-10-22-62(56)54-72;1-16-4-10-19(11-5-16)22(20-12-6-17(2)7-13-20)21-14-8-18(3)9-15-21/h1-54H;4-15H,1-3H3. The van der Waals surface area contributed by atoms with Crippen LogP contribution in [0.4, 0.5) is 85.3 Å². The van der Waals surface area contributed by atoms with Gasteiger partial charge in [-0.1, -0.05) is 247 Å². The Morgan fingerprint density at radius 2 is 0.373 bits per heavy atom. The topological polar surface area (TPSA) is 16.2 Å². The van der Waals surface area contributed by atoms with E-state index in [0.29, 0.717) is 0 Å². The van der Waals surface area contributed by atoms with Gasteiger partial charge in [-0.3, -0.25) is 0 Å². The number of hydrogen-bond donors (Lipinski definition) is 0. The molecule has 0 unspecified atom stereocenters. The highest BCUT2D eigenvalue weighted by Crippen LogP contribution is 2.46. The number of fused-ring (bicyclic) bond motifs is 4. The molecular formula is C97H75N5. The van der Waals surface area contributed by atoms with Gasteiger partial charge in [-0.05, 0) is 234 Å². The minimum absolute atomic E-state index is 1.07. The first-order chi connectivity index (χ1) is 50.3. The average Bonchev–Trinajstić information content (AvgIpc) is 0.782. The number of benzene rings is 17. The van der Waals surface area contributed by atoms with Crippen molar-refractivity contribution in [2.24, 2.45) is 0 Å². The van der Waals surface area contributed by atoms with Crippen molar-refractivity contribution in [2.75, 3.05) is 24.5 Å². The van der Waals surface area contributed by atoms with Gasteiger partial charge < -0.3 is 24.5 Å². The molecule has 0 radical (unpaired) electrons. The van der Waals surface area contributed by atoms with Crippen LogP contribution in [0.15, 0.2) is 400 Å². The van der Waals surface area contributed by atoms with E-state index in [2.05, 4.69) is 446 Å². The normalized spacial score (nSPS) is 11.1. The highest BCUT2D eigenvalue weighted by Gasteiger charge is 2.22. The SMILES string of the molecule is Cc1ccc(N(c2ccc(C)cc2)c2ccc(C)cc2)cc1.c1ccc(N(c2ccc(N(c3ccc(-c4ccc(N(c5ccc(N(c6ccccc6)c6ccc7ccccc7c6)cc5)c5cccc6ccccc56)cc4)cc3)c3cccc4ccccc34)cc2)c2ccc3ccccc3c2)cc1. The Bertz CT molecular complexity index is 5300. The minimum Gasteiger partial charge on any atom is -0.311 e. The first-order valence-electron chi connectivity index (χ1n) is 34.9. The predicted molar refractivity (Wildman–Crippen MR) is 436 cm³/mol. The highest BCUT2D eigenvalue weighted by atomic mass is 15.2. The third kappa shape index (κ3) is 13.3. The second-order valence-electron chi connectivity index (χ2n) is 26.0. The van der Waals surface area contributed by atoms with Gasteiger partial charge in [0.25, 0.3) is 0 Å². The zero-order chi connectivity index (χ0) is 68.7. The van der Waals surface area contributed by atoms with Crippen LogP contribution >= 0.6 is 0 Å². The molecule has 0 aliphatic rings. The van der Waals surface area contributed by atoms with Crippen molar-refractivity contribution < 1.29 is 0 Å². The van der Waals surface area contributed by atoms with E-state index >= 15 is 0 Å². The van der Waals surface area contributed by atoms with Crippen LogP contribution in [0.3, 0.4) is 0 Å². The molecule has 0 bridgehead atoms. The molecule has 5 nitrogen and oxygen atoms in total. The van der Waals surface area contributed by atoms with Crippen LogP contribution in [0.1, 0.15) is 16.7 Å². The second-order valence-corrected chi connectivity index (χ2v) is 26.0. The average molecular weight is 1310 g/mol. The molecule has 0 N–H and O–H groups in total. The molecular weight excluding hydrogens is 1240 g/mol. The molecule has 0 saturated heterocycles. The number of anilines is 15. The van der Waals surface area contributed by atoms with Crippen LogP contribution in [0, 0.1) is 20.8 Å². The molecule has 17 aromatic rings. The molecule has 0 aromatic heterocycles. The fourth-order valence-electron chi connectivity index (χ4n) is 14.0. The quantitative estimate of drug-likeness (QED) is 0.0955. The van der Waals surface area contributed by atoms with Crippen LogP contribution in [0.25, 0.3) is 54.2 Å². The van der Waals surface area contributed by atoms with Crippen LogP contribution in [0.2, 0.25) is 0 Å². The number of hydrogen-bond acceptors (Lipinski definition) is 5. The Balaban J connectivity index is 0.000000312. The van der Waals surface area contributed by atoms with Gasteiger partial charge >= 0.3 is 0 Å². The Morgan fingerprint density at radius 3 is 0.706 bits per heavy atom. The van der Waals surface area contributed by atoms with E-state index in [1.807, 2.05) is 0 Å². The first kappa shape index (κ1) is 63.5. The van der Waals surface area contributed by atoms with Crippen LogP contribution in [-0.4, -0.2) is 0 Å². The summed E-state index contributed by atoms with van der Waals surface area (Å²) in [7, 11) is 0. The van der Waals surface area contributed by atoms with Gasteiger partial charge in [0.05, 0.1) is 11.4 Å². The van der Waals surface area contributed by atoms with Crippen molar-refractivity contribution in [3.05, 3.63) is 417 Å². The van der Waals surface area contributed by atoms with Gasteiger partial charge in [0.15, 0.2) is 0 Å². The van der Waals surface area contributed by atoms with Crippen molar-refractivity contribution in [2.45, 2.75) is 20.8 Å². The number of rotatable bonds is 16. The lowest BCUT2D eigenvalue weighted by molar-refractivity contribution is 1.26. The molecule has 17 rings (SSSR count). The Labute approximate surface area is 598 Å². The summed E-state index contributed by atoms with van der Waals surface area (Å²) in [5.74, 6) is 0. The maximum Gasteiger partial charge on any atom is 0.0540 e. The van der Waals surface area contributed by atoms with E-state index < -0.39 is 0 Å². The number of nitrogens with zero attached hydrogens (tertiary/aromatic N) is 5. The molecule has 488 valence electrons. The molecule has 0 amide bonds. The van der Waals surface area contributed by atoms with Gasteiger partial charge in [-0.2, -0.15) is 0 Å². The minimum atomic E-state index is 1.07. The number of para-hydroxylation sites is 2. The lowest BCUT2D eigenvalue weighted by Gasteiger charge is -2.29.